The molecule has 0 unspecified atom stereocenters. The number of nitrogens with zero attached hydrogens (tertiary/aromatic N) is 2. The van der Waals surface area contributed by atoms with Crippen LogP contribution >= 0.6 is 0 Å². The lowest BCUT2D eigenvalue weighted by Crippen LogP contribution is -2.37. The Morgan fingerprint density at radius 1 is 1.00 bits per heavy atom. The highest BCUT2D eigenvalue weighted by Crippen LogP contribution is 2.28. The van der Waals surface area contributed by atoms with Crippen LogP contribution in [-0.2, 0) is 9.59 Å². The molecule has 6 heteroatoms. The molecular weight excluding hydrogens is 366 g/mol. The molecule has 2 aromatic carbocycles. The Balaban J connectivity index is 2.14. The van der Waals surface area contributed by atoms with E-state index in [4.69, 9.17) is 10.5 Å². The standard InChI is InChI=1S/C23H29N3O3/c1-18(2)10-9-15-26(22(27)16-24)20-13-7-8-14-21(20)29-17-23(28)25(3)19-11-5-4-6-12-19/h4-8,10-14H,9,15-17,24H2,1-3H3. The van der Waals surface area contributed by atoms with Crippen molar-refractivity contribution in [1.82, 2.24) is 0 Å². The predicted octanol–water partition coefficient (Wildman–Crippen LogP) is 3.38. The third-order valence-corrected chi connectivity index (χ3v) is 4.41. The Hall–Kier alpha value is -3.12. The van der Waals surface area contributed by atoms with Crippen LogP contribution in [0.15, 0.2) is 66.2 Å². The van der Waals surface area contributed by atoms with Crippen LogP contribution in [0.25, 0.3) is 0 Å². The van der Waals surface area contributed by atoms with Crippen LogP contribution in [0.3, 0.4) is 0 Å². The molecule has 0 aliphatic heterocycles. The highest BCUT2D eigenvalue weighted by molar-refractivity contribution is 5.96. The lowest BCUT2D eigenvalue weighted by atomic mass is 10.2. The fraction of sp³-hybridized carbons (Fsp3) is 0.304. The smallest absolute Gasteiger partial charge is 0.264 e. The van der Waals surface area contributed by atoms with Crippen molar-refractivity contribution < 1.29 is 14.3 Å². The van der Waals surface area contributed by atoms with Crippen molar-refractivity contribution in [1.29, 1.82) is 0 Å². The summed E-state index contributed by atoms with van der Waals surface area (Å²) in [5.41, 5.74) is 8.19. The van der Waals surface area contributed by atoms with E-state index in [2.05, 4.69) is 6.08 Å². The number of carbonyl (C=O) groups is 2. The van der Waals surface area contributed by atoms with Crippen LogP contribution in [-0.4, -0.2) is 38.6 Å². The zero-order chi connectivity index (χ0) is 21.2. The molecule has 0 aliphatic carbocycles. The summed E-state index contributed by atoms with van der Waals surface area (Å²) in [7, 11) is 1.70. The van der Waals surface area contributed by atoms with Gasteiger partial charge in [0.25, 0.3) is 5.91 Å². The molecule has 0 spiro atoms. The maximum absolute atomic E-state index is 12.5. The average Bonchev–Trinajstić information content (AvgIpc) is 2.74. The maximum atomic E-state index is 12.5. The molecule has 154 valence electrons. The first kappa shape index (κ1) is 22.2. The van der Waals surface area contributed by atoms with E-state index in [0.29, 0.717) is 24.4 Å². The summed E-state index contributed by atoms with van der Waals surface area (Å²) in [6, 6.07) is 16.6. The molecule has 0 radical (unpaired) electrons. The average molecular weight is 396 g/mol. The SMILES string of the molecule is CC(C)=CCCN(C(=O)CN)c1ccccc1OCC(=O)N(C)c1ccccc1. The number of hydrogen-bond donors (Lipinski definition) is 1. The highest BCUT2D eigenvalue weighted by Gasteiger charge is 2.19. The van der Waals surface area contributed by atoms with E-state index in [1.165, 1.54) is 5.57 Å². The van der Waals surface area contributed by atoms with Gasteiger partial charge in [0.2, 0.25) is 5.91 Å². The molecule has 0 bridgehead atoms. The van der Waals surface area contributed by atoms with Crippen LogP contribution in [0.1, 0.15) is 20.3 Å². The molecule has 0 aliphatic rings. The van der Waals surface area contributed by atoms with Crippen LogP contribution in [0.4, 0.5) is 11.4 Å². The molecule has 0 atom stereocenters. The fourth-order valence-electron chi connectivity index (χ4n) is 2.81. The predicted molar refractivity (Wildman–Crippen MR) is 117 cm³/mol. The van der Waals surface area contributed by atoms with Gasteiger partial charge in [-0.25, -0.2) is 0 Å². The van der Waals surface area contributed by atoms with Gasteiger partial charge in [-0.1, -0.05) is 42.0 Å². The highest BCUT2D eigenvalue weighted by atomic mass is 16.5. The molecule has 2 rings (SSSR count). The molecule has 2 amide bonds. The van der Waals surface area contributed by atoms with Gasteiger partial charge in [-0.3, -0.25) is 9.59 Å². The number of carbonyl (C=O) groups excluding carboxylic acids is 2. The minimum absolute atomic E-state index is 0.0984. The van der Waals surface area contributed by atoms with Crippen LogP contribution in [0.5, 0.6) is 5.75 Å². The summed E-state index contributed by atoms with van der Waals surface area (Å²) in [5.74, 6) is 0.0875. The number of para-hydroxylation sites is 3. The zero-order valence-corrected chi connectivity index (χ0v) is 17.3. The normalized spacial score (nSPS) is 10.2. The number of ether oxygens (including phenoxy) is 1. The first-order chi connectivity index (χ1) is 13.9. The Bertz CT molecular complexity index is 845. The van der Waals surface area contributed by atoms with Crippen LogP contribution in [0.2, 0.25) is 0 Å². The molecule has 0 heterocycles. The summed E-state index contributed by atoms with van der Waals surface area (Å²) in [6.07, 6.45) is 2.77. The quantitative estimate of drug-likeness (QED) is 0.661. The van der Waals surface area contributed by atoms with Gasteiger partial charge in [0.15, 0.2) is 6.61 Å². The van der Waals surface area contributed by atoms with Crippen molar-refractivity contribution in [3.05, 3.63) is 66.2 Å². The van der Waals surface area contributed by atoms with Gasteiger partial charge in [0.1, 0.15) is 5.75 Å². The molecular formula is C23H29N3O3. The van der Waals surface area contributed by atoms with E-state index in [1.54, 1.807) is 29.0 Å². The molecule has 2 N–H and O–H groups in total. The molecule has 6 nitrogen and oxygen atoms in total. The van der Waals surface area contributed by atoms with Gasteiger partial charge in [0, 0.05) is 19.3 Å². The lowest BCUT2D eigenvalue weighted by molar-refractivity contribution is -0.120. The summed E-state index contributed by atoms with van der Waals surface area (Å²) >= 11 is 0. The number of hydrogen-bond acceptors (Lipinski definition) is 4. The van der Waals surface area contributed by atoms with Gasteiger partial charge in [-0.15, -0.1) is 0 Å². The van der Waals surface area contributed by atoms with E-state index in [0.717, 1.165) is 5.69 Å². The number of anilines is 2. The number of rotatable bonds is 9. The van der Waals surface area contributed by atoms with E-state index in [-0.39, 0.29) is 25.0 Å². The topological polar surface area (TPSA) is 75.9 Å². The van der Waals surface area contributed by atoms with E-state index < -0.39 is 0 Å². The number of likely N-dealkylation sites (N-methyl/N-ethyl adjacent to an activating group) is 1. The lowest BCUT2D eigenvalue weighted by Gasteiger charge is -2.25. The third-order valence-electron chi connectivity index (χ3n) is 4.41. The fourth-order valence-corrected chi connectivity index (χ4v) is 2.81. The van der Waals surface area contributed by atoms with Gasteiger partial charge in [-0.05, 0) is 44.5 Å². The van der Waals surface area contributed by atoms with Gasteiger partial charge in [0.05, 0.1) is 12.2 Å². The summed E-state index contributed by atoms with van der Waals surface area (Å²) < 4.78 is 5.80. The maximum Gasteiger partial charge on any atom is 0.264 e. The van der Waals surface area contributed by atoms with Crippen molar-refractivity contribution in [3.63, 3.8) is 0 Å². The third kappa shape index (κ3) is 6.47. The minimum atomic E-state index is -0.198. The largest absolute Gasteiger partial charge is 0.482 e. The Morgan fingerprint density at radius 3 is 2.31 bits per heavy atom. The molecule has 0 saturated heterocycles. The number of benzene rings is 2. The van der Waals surface area contributed by atoms with Gasteiger partial charge < -0.3 is 20.3 Å². The summed E-state index contributed by atoms with van der Waals surface area (Å²) in [4.78, 5) is 28.1. The second kappa shape index (κ2) is 11.0. The summed E-state index contributed by atoms with van der Waals surface area (Å²) in [6.45, 7) is 4.28. The van der Waals surface area contributed by atoms with Crippen molar-refractivity contribution in [2.75, 3.05) is 36.5 Å². The second-order valence-corrected chi connectivity index (χ2v) is 6.86. The van der Waals surface area contributed by atoms with E-state index in [1.807, 2.05) is 56.3 Å². The first-order valence-corrected chi connectivity index (χ1v) is 9.61. The molecule has 0 fully saturated rings. The first-order valence-electron chi connectivity index (χ1n) is 9.61. The Labute approximate surface area is 172 Å². The number of amides is 2. The Kier molecular flexibility index (Phi) is 8.43. The second-order valence-electron chi connectivity index (χ2n) is 6.86. The van der Waals surface area contributed by atoms with E-state index >= 15 is 0 Å². The van der Waals surface area contributed by atoms with Crippen molar-refractivity contribution in [3.8, 4) is 5.75 Å². The summed E-state index contributed by atoms with van der Waals surface area (Å²) in [5, 5.41) is 0. The van der Waals surface area contributed by atoms with Crippen molar-refractivity contribution in [2.45, 2.75) is 20.3 Å². The number of nitrogens with two attached hydrogens (primary N) is 1. The zero-order valence-electron chi connectivity index (χ0n) is 17.3. The Morgan fingerprint density at radius 2 is 1.66 bits per heavy atom. The number of allylic oxidation sites excluding steroid dienone is 1. The van der Waals surface area contributed by atoms with Crippen LogP contribution < -0.4 is 20.3 Å². The monoisotopic (exact) mass is 395 g/mol. The van der Waals surface area contributed by atoms with Crippen molar-refractivity contribution >= 4 is 23.2 Å². The van der Waals surface area contributed by atoms with Gasteiger partial charge >= 0.3 is 0 Å². The molecule has 29 heavy (non-hydrogen) atoms. The van der Waals surface area contributed by atoms with Gasteiger partial charge in [-0.2, -0.15) is 0 Å². The van der Waals surface area contributed by atoms with Crippen molar-refractivity contribution in [2.24, 2.45) is 5.73 Å². The van der Waals surface area contributed by atoms with Crippen LogP contribution in [0, 0.1) is 0 Å². The molecule has 0 aromatic heterocycles. The van der Waals surface area contributed by atoms with E-state index in [9.17, 15) is 9.59 Å². The molecule has 2 aromatic rings. The minimum Gasteiger partial charge on any atom is -0.482 e. The molecule has 0 saturated carbocycles.